The number of piperazine rings is 1. The second kappa shape index (κ2) is 9.95. The Kier molecular flexibility index (Phi) is 6.27. The van der Waals surface area contributed by atoms with Crippen molar-refractivity contribution in [2.24, 2.45) is 5.41 Å². The molecule has 12 heteroatoms. The molecule has 2 aromatic rings. The number of anilines is 3. The highest BCUT2D eigenvalue weighted by molar-refractivity contribution is 7.16. The van der Waals surface area contributed by atoms with E-state index in [9.17, 15) is 10.5 Å². The number of nitrogens with two attached hydrogens (primary N) is 1. The van der Waals surface area contributed by atoms with E-state index in [-0.39, 0.29) is 10.8 Å². The Morgan fingerprint density at radius 2 is 1.69 bits per heavy atom. The summed E-state index contributed by atoms with van der Waals surface area (Å²) >= 11 is 1.56. The van der Waals surface area contributed by atoms with Crippen LogP contribution in [0.5, 0.6) is 6.01 Å². The molecule has 0 aromatic carbocycles. The second-order valence-electron chi connectivity index (χ2n) is 13.2. The van der Waals surface area contributed by atoms with Crippen molar-refractivity contribution in [3.05, 3.63) is 21.6 Å². The predicted molar refractivity (Wildman–Crippen MR) is 159 cm³/mol. The van der Waals surface area contributed by atoms with Gasteiger partial charge in [0.1, 0.15) is 22.7 Å². The Labute approximate surface area is 250 Å². The minimum absolute atomic E-state index is 0.113. The minimum Gasteiger partial charge on any atom is -0.463 e. The van der Waals surface area contributed by atoms with Crippen LogP contribution in [0, 0.1) is 28.1 Å². The highest BCUT2D eigenvalue weighted by Gasteiger charge is 2.52. The SMILES string of the molecule is N#Cc1c(N2CC3CCC(C2)N3)nc(OCC2(CN3CCOCC3)CC2)nc1N1CC2(CCc3sc(N)c(C#N)c32)C1. The van der Waals surface area contributed by atoms with Gasteiger partial charge < -0.3 is 30.3 Å². The largest absolute Gasteiger partial charge is 0.463 e. The van der Waals surface area contributed by atoms with Gasteiger partial charge in [0, 0.05) is 73.6 Å². The molecular weight excluding hydrogens is 550 g/mol. The van der Waals surface area contributed by atoms with Gasteiger partial charge in [-0.15, -0.1) is 11.3 Å². The molecule has 2 aromatic heterocycles. The molecule has 2 unspecified atom stereocenters. The lowest BCUT2D eigenvalue weighted by molar-refractivity contribution is 0.0231. The fourth-order valence-electron chi connectivity index (χ4n) is 7.96. The zero-order valence-electron chi connectivity index (χ0n) is 23.9. The minimum atomic E-state index is -0.113. The van der Waals surface area contributed by atoms with Crippen LogP contribution in [-0.2, 0) is 16.6 Å². The van der Waals surface area contributed by atoms with Crippen LogP contribution in [0.3, 0.4) is 0 Å². The van der Waals surface area contributed by atoms with Gasteiger partial charge in [-0.25, -0.2) is 0 Å². The van der Waals surface area contributed by atoms with Gasteiger partial charge in [0.05, 0.1) is 25.4 Å². The van der Waals surface area contributed by atoms with Crippen molar-refractivity contribution >= 4 is 28.0 Å². The summed E-state index contributed by atoms with van der Waals surface area (Å²) in [5, 5.41) is 24.6. The number of morpholine rings is 1. The van der Waals surface area contributed by atoms with Gasteiger partial charge in [0.2, 0.25) is 0 Å². The number of nitriles is 2. The van der Waals surface area contributed by atoms with Crippen molar-refractivity contribution in [1.82, 2.24) is 20.2 Å². The number of thiophene rings is 1. The molecule has 2 atom stereocenters. The Bertz CT molecular complexity index is 1470. The number of fused-ring (bicyclic) bond motifs is 4. The molecule has 4 saturated heterocycles. The van der Waals surface area contributed by atoms with E-state index >= 15 is 0 Å². The Morgan fingerprint density at radius 1 is 1.00 bits per heavy atom. The maximum atomic E-state index is 10.5. The molecule has 220 valence electrons. The molecule has 2 bridgehead atoms. The number of ether oxygens (including phenoxy) is 2. The van der Waals surface area contributed by atoms with E-state index in [1.807, 2.05) is 0 Å². The molecule has 1 spiro atoms. The number of rotatable bonds is 7. The molecule has 5 fully saturated rings. The maximum absolute atomic E-state index is 10.5. The number of aryl methyl sites for hydroxylation is 1. The third kappa shape index (κ3) is 4.39. The van der Waals surface area contributed by atoms with Gasteiger partial charge in [-0.2, -0.15) is 20.5 Å². The van der Waals surface area contributed by atoms with E-state index in [2.05, 4.69) is 32.2 Å². The number of nitrogens with one attached hydrogen (secondary N) is 1. The Morgan fingerprint density at radius 3 is 2.36 bits per heavy atom. The van der Waals surface area contributed by atoms with Crippen LogP contribution >= 0.6 is 11.3 Å². The summed E-state index contributed by atoms with van der Waals surface area (Å²) in [7, 11) is 0. The molecule has 0 amide bonds. The molecule has 1 saturated carbocycles. The lowest BCUT2D eigenvalue weighted by Crippen LogP contribution is -2.59. The summed E-state index contributed by atoms with van der Waals surface area (Å²) in [6.07, 6.45) is 6.52. The lowest BCUT2D eigenvalue weighted by Gasteiger charge is -2.49. The third-order valence-corrected chi connectivity index (χ3v) is 11.5. The summed E-state index contributed by atoms with van der Waals surface area (Å²) in [6, 6.07) is 6.04. The zero-order chi connectivity index (χ0) is 28.5. The summed E-state index contributed by atoms with van der Waals surface area (Å²) in [5.74, 6) is 1.35. The summed E-state index contributed by atoms with van der Waals surface area (Å²) in [6.45, 7) is 8.19. The van der Waals surface area contributed by atoms with E-state index in [1.165, 1.54) is 4.88 Å². The van der Waals surface area contributed by atoms with Gasteiger partial charge in [-0.05, 0) is 44.1 Å². The first-order chi connectivity index (χ1) is 20.5. The molecule has 8 rings (SSSR count). The number of aromatic nitrogens is 2. The number of hydrogen-bond acceptors (Lipinski definition) is 12. The zero-order valence-corrected chi connectivity index (χ0v) is 24.7. The molecule has 6 heterocycles. The van der Waals surface area contributed by atoms with E-state index in [0.29, 0.717) is 65.6 Å². The molecule has 4 aliphatic heterocycles. The van der Waals surface area contributed by atoms with Crippen molar-refractivity contribution in [3.8, 4) is 18.1 Å². The van der Waals surface area contributed by atoms with Crippen LogP contribution in [0.4, 0.5) is 16.6 Å². The molecule has 3 N–H and O–H groups in total. The van der Waals surface area contributed by atoms with Crippen molar-refractivity contribution in [2.45, 2.75) is 56.0 Å². The highest BCUT2D eigenvalue weighted by atomic mass is 32.1. The highest BCUT2D eigenvalue weighted by Crippen LogP contribution is 2.53. The van der Waals surface area contributed by atoms with Crippen molar-refractivity contribution in [2.75, 3.05) is 81.2 Å². The molecule has 2 aliphatic carbocycles. The predicted octanol–water partition coefficient (Wildman–Crippen LogP) is 2.00. The van der Waals surface area contributed by atoms with E-state index < -0.39 is 0 Å². The van der Waals surface area contributed by atoms with Crippen LogP contribution in [0.1, 0.15) is 53.7 Å². The second-order valence-corrected chi connectivity index (χ2v) is 14.4. The smallest absolute Gasteiger partial charge is 0.320 e. The van der Waals surface area contributed by atoms with E-state index in [4.69, 9.17) is 25.2 Å². The average Bonchev–Trinajstić information content (AvgIpc) is 3.35. The Hall–Kier alpha value is -3.16. The number of nitrogen functional groups attached to an aromatic ring is 1. The number of hydrogen-bond donors (Lipinski definition) is 2. The van der Waals surface area contributed by atoms with Crippen LogP contribution in [-0.4, -0.2) is 92.6 Å². The van der Waals surface area contributed by atoms with Crippen LogP contribution < -0.4 is 25.6 Å². The van der Waals surface area contributed by atoms with Crippen molar-refractivity contribution in [1.29, 1.82) is 10.5 Å². The summed E-state index contributed by atoms with van der Waals surface area (Å²) in [4.78, 5) is 18.0. The first kappa shape index (κ1) is 26.5. The third-order valence-electron chi connectivity index (χ3n) is 10.4. The van der Waals surface area contributed by atoms with Crippen LogP contribution in [0.25, 0.3) is 0 Å². The average molecular weight is 588 g/mol. The summed E-state index contributed by atoms with van der Waals surface area (Å²) < 4.78 is 12.0. The van der Waals surface area contributed by atoms with Crippen molar-refractivity contribution in [3.63, 3.8) is 0 Å². The maximum Gasteiger partial charge on any atom is 0.320 e. The standard InChI is InChI=1S/C30H37N9O2S/c31-11-21-24-23(42-25(21)33)3-4-30(24)16-39(17-30)27-22(12-32)26(38-13-19-1-2-20(14-38)34-19)35-28(36-27)41-18-29(5-6-29)15-37-7-9-40-10-8-37/h19-20,34H,1-10,13-18,33H2. The molecular formula is C30H37N9O2S. The van der Waals surface area contributed by atoms with Gasteiger partial charge >= 0.3 is 6.01 Å². The normalized spacial score (nSPS) is 26.9. The van der Waals surface area contributed by atoms with Crippen LogP contribution in [0.15, 0.2) is 0 Å². The van der Waals surface area contributed by atoms with Gasteiger partial charge in [0.25, 0.3) is 0 Å². The fraction of sp³-hybridized carbons (Fsp3) is 0.667. The molecule has 42 heavy (non-hydrogen) atoms. The van der Waals surface area contributed by atoms with Gasteiger partial charge in [-0.1, -0.05) is 0 Å². The monoisotopic (exact) mass is 587 g/mol. The van der Waals surface area contributed by atoms with Gasteiger partial charge in [0.15, 0.2) is 11.6 Å². The van der Waals surface area contributed by atoms with E-state index in [1.54, 1.807) is 11.3 Å². The van der Waals surface area contributed by atoms with Gasteiger partial charge in [-0.3, -0.25) is 4.90 Å². The lowest BCUT2D eigenvalue weighted by atomic mass is 9.74. The van der Waals surface area contributed by atoms with E-state index in [0.717, 1.165) is 90.0 Å². The first-order valence-corrected chi connectivity index (χ1v) is 16.1. The molecule has 0 radical (unpaired) electrons. The van der Waals surface area contributed by atoms with Crippen LogP contribution in [0.2, 0.25) is 0 Å². The topological polar surface area (TPSA) is 140 Å². The van der Waals surface area contributed by atoms with Crippen molar-refractivity contribution < 1.29 is 9.47 Å². The molecule has 6 aliphatic rings. The number of nitrogens with zero attached hydrogens (tertiary/aromatic N) is 7. The summed E-state index contributed by atoms with van der Waals surface area (Å²) in [5.41, 5.74) is 8.54. The Balaban J connectivity index is 1.09. The molecule has 11 nitrogen and oxygen atoms in total. The first-order valence-electron chi connectivity index (χ1n) is 15.3. The fourth-order valence-corrected chi connectivity index (χ4v) is 9.10. The quantitative estimate of drug-likeness (QED) is 0.492.